The van der Waals surface area contributed by atoms with Crippen LogP contribution in [0.15, 0.2) is 42.7 Å². The molecule has 0 saturated carbocycles. The maximum absolute atomic E-state index is 15.5. The van der Waals surface area contributed by atoms with Gasteiger partial charge >= 0.3 is 5.97 Å². The van der Waals surface area contributed by atoms with Crippen LogP contribution >= 0.6 is 9.24 Å². The number of aromatic nitrogens is 4. The molecule has 2 atom stereocenters. The van der Waals surface area contributed by atoms with E-state index in [0.29, 0.717) is 35.8 Å². The number of benzene rings is 2. The van der Waals surface area contributed by atoms with Crippen LogP contribution in [0.2, 0.25) is 0 Å². The van der Waals surface area contributed by atoms with Gasteiger partial charge in [0, 0.05) is 36.4 Å². The summed E-state index contributed by atoms with van der Waals surface area (Å²) in [6.07, 6.45) is 2.83. The summed E-state index contributed by atoms with van der Waals surface area (Å²) in [5.74, 6) is -5.96. The zero-order valence-corrected chi connectivity index (χ0v) is 23.7. The number of nitrogen functional groups attached to an aromatic ring is 1. The minimum Gasteiger partial charge on any atom is -0.463 e. The molecular formula is C28H27F4N6O3P. The first kappa shape index (κ1) is 29.4. The molecule has 0 amide bonds. The fraction of sp³-hybridized carbons (Fsp3) is 0.286. The van der Waals surface area contributed by atoms with Crippen LogP contribution in [0.3, 0.4) is 0 Å². The number of likely N-dealkylation sites (tertiary alicyclic amines) is 1. The Bertz CT molecular complexity index is 1670. The number of nitrogens with two attached hydrogens (primary N) is 1. The molecule has 5 rings (SSSR count). The van der Waals surface area contributed by atoms with Crippen molar-refractivity contribution in [2.24, 2.45) is 0 Å². The number of carbonyl (C=O) groups excluding carboxylic acids is 1. The third-order valence-corrected chi connectivity index (χ3v) is 7.44. The van der Waals surface area contributed by atoms with E-state index in [9.17, 15) is 18.0 Å². The van der Waals surface area contributed by atoms with Gasteiger partial charge in [-0.3, -0.25) is 4.90 Å². The summed E-state index contributed by atoms with van der Waals surface area (Å²) in [6.45, 7) is 7.40. The Kier molecular flexibility index (Phi) is 8.42. The molecule has 2 unspecified atom stereocenters. The molecule has 14 heteroatoms. The maximum atomic E-state index is 15.5. The Morgan fingerprint density at radius 3 is 2.69 bits per heavy atom. The number of anilines is 1. The van der Waals surface area contributed by atoms with E-state index in [1.54, 1.807) is 11.6 Å². The number of rotatable bonds is 8. The molecule has 42 heavy (non-hydrogen) atoms. The van der Waals surface area contributed by atoms with Gasteiger partial charge < -0.3 is 15.2 Å². The van der Waals surface area contributed by atoms with E-state index in [4.69, 9.17) is 20.3 Å². The lowest BCUT2D eigenvalue weighted by Crippen LogP contribution is -2.39. The summed E-state index contributed by atoms with van der Waals surface area (Å²) in [5.41, 5.74) is 7.15. The van der Waals surface area contributed by atoms with E-state index >= 15 is 4.39 Å². The summed E-state index contributed by atoms with van der Waals surface area (Å²) in [5, 5.41) is 4.69. The Balaban J connectivity index is 1.47. The maximum Gasteiger partial charge on any atom is 0.334 e. The lowest BCUT2D eigenvalue weighted by atomic mass is 10.1. The summed E-state index contributed by atoms with van der Waals surface area (Å²) in [4.78, 5) is 22.6. The van der Waals surface area contributed by atoms with E-state index in [1.165, 1.54) is 18.5 Å². The largest absolute Gasteiger partial charge is 0.463 e. The van der Waals surface area contributed by atoms with Gasteiger partial charge in [-0.15, -0.1) is 0 Å². The molecule has 1 saturated heterocycles. The number of carbonyl (C=O) groups is 1. The highest BCUT2D eigenvalue weighted by molar-refractivity contribution is 7.27. The first-order valence-corrected chi connectivity index (χ1v) is 13.6. The highest BCUT2D eigenvalue weighted by Gasteiger charge is 2.28. The van der Waals surface area contributed by atoms with Gasteiger partial charge in [-0.05, 0) is 38.4 Å². The van der Waals surface area contributed by atoms with Gasteiger partial charge in [0.25, 0.3) is 0 Å². The zero-order chi connectivity index (χ0) is 30.1. The summed E-state index contributed by atoms with van der Waals surface area (Å²) in [6, 6.07) is 3.82. The van der Waals surface area contributed by atoms with Crippen molar-refractivity contribution in [1.82, 2.24) is 24.6 Å². The highest BCUT2D eigenvalue weighted by Crippen LogP contribution is 2.37. The Morgan fingerprint density at radius 2 is 1.95 bits per heavy atom. The van der Waals surface area contributed by atoms with Crippen molar-refractivity contribution in [1.29, 1.82) is 0 Å². The van der Waals surface area contributed by atoms with Crippen LogP contribution in [0.25, 0.3) is 22.3 Å². The zero-order valence-electron chi connectivity index (χ0n) is 22.5. The van der Waals surface area contributed by atoms with Crippen LogP contribution in [0.5, 0.6) is 11.5 Å². The number of nitrogens with zero attached hydrogens (tertiary/aromatic N) is 5. The van der Waals surface area contributed by atoms with Crippen molar-refractivity contribution in [3.05, 3.63) is 66.0 Å². The minimum absolute atomic E-state index is 0.0351. The molecule has 4 aromatic rings. The monoisotopic (exact) mass is 602 g/mol. The lowest BCUT2D eigenvalue weighted by Gasteiger charge is -2.33. The molecule has 1 aliphatic heterocycles. The fourth-order valence-electron chi connectivity index (χ4n) is 4.94. The second kappa shape index (κ2) is 12.0. The van der Waals surface area contributed by atoms with Crippen LogP contribution in [0.4, 0.5) is 23.4 Å². The predicted octanol–water partition coefficient (Wildman–Crippen LogP) is 4.68. The van der Waals surface area contributed by atoms with Crippen molar-refractivity contribution in [3.8, 4) is 22.8 Å². The van der Waals surface area contributed by atoms with Crippen molar-refractivity contribution in [2.75, 3.05) is 32.0 Å². The quantitative estimate of drug-likeness (QED) is 0.102. The van der Waals surface area contributed by atoms with Crippen LogP contribution in [-0.2, 0) is 9.53 Å². The lowest BCUT2D eigenvalue weighted by molar-refractivity contribution is -0.138. The topological polar surface area (TPSA) is 108 Å². The molecule has 0 bridgehead atoms. The molecule has 2 aromatic carbocycles. The van der Waals surface area contributed by atoms with Crippen molar-refractivity contribution < 1.29 is 31.8 Å². The molecule has 3 heterocycles. The Labute approximate surface area is 240 Å². The molecule has 9 nitrogen and oxygen atoms in total. The minimum atomic E-state index is -1.44. The molecular weight excluding hydrogens is 575 g/mol. The van der Waals surface area contributed by atoms with E-state index in [2.05, 4.69) is 21.4 Å². The average Bonchev–Trinajstić information content (AvgIpc) is 3.35. The van der Waals surface area contributed by atoms with Gasteiger partial charge in [0.05, 0.1) is 23.3 Å². The van der Waals surface area contributed by atoms with Gasteiger partial charge in [-0.2, -0.15) is 9.49 Å². The molecule has 1 aliphatic rings. The van der Waals surface area contributed by atoms with E-state index in [-0.39, 0.29) is 40.8 Å². The average molecular weight is 603 g/mol. The standard InChI is InChI=1S/C28H27F4N6O3P/c1-3-40-28(39)14(2)11-37-8-4-5-15(12-37)38-27-21(26(33)34-13-35-27)23(36-38)17-7-6-16(9-18(17)29)41-24-22(32)19(30)10-20(31)25(24)42/h6-7,9-10,13,15H,2-5,8,11-12,42H2,1H3,(H2,33,34,35). The number of hydrogen-bond donors (Lipinski definition) is 1. The second-order valence-corrected chi connectivity index (χ2v) is 10.3. The van der Waals surface area contributed by atoms with E-state index in [0.717, 1.165) is 25.5 Å². The summed E-state index contributed by atoms with van der Waals surface area (Å²) >= 11 is 0. The van der Waals surface area contributed by atoms with Crippen LogP contribution in [-0.4, -0.2) is 56.9 Å². The molecule has 0 aliphatic carbocycles. The van der Waals surface area contributed by atoms with Crippen LogP contribution in [0.1, 0.15) is 25.8 Å². The number of hydrogen-bond acceptors (Lipinski definition) is 8. The molecule has 2 aromatic heterocycles. The molecule has 0 radical (unpaired) electrons. The van der Waals surface area contributed by atoms with Crippen molar-refractivity contribution in [2.45, 2.75) is 25.8 Å². The highest BCUT2D eigenvalue weighted by atomic mass is 31.0. The summed E-state index contributed by atoms with van der Waals surface area (Å²) in [7, 11) is 1.93. The number of esters is 1. The molecule has 0 spiro atoms. The van der Waals surface area contributed by atoms with Gasteiger partial charge in [-0.1, -0.05) is 15.8 Å². The van der Waals surface area contributed by atoms with Gasteiger partial charge in [0.15, 0.2) is 17.2 Å². The van der Waals surface area contributed by atoms with Gasteiger partial charge in [0.2, 0.25) is 5.82 Å². The number of halogens is 4. The third kappa shape index (κ3) is 5.66. The first-order chi connectivity index (χ1) is 20.1. The predicted molar refractivity (Wildman–Crippen MR) is 151 cm³/mol. The Hall–Kier alpha value is -4.09. The van der Waals surface area contributed by atoms with Crippen molar-refractivity contribution >= 4 is 37.4 Å². The molecule has 1 fully saturated rings. The van der Waals surface area contributed by atoms with E-state index in [1.807, 2.05) is 9.24 Å². The fourth-order valence-corrected chi connectivity index (χ4v) is 5.21. The van der Waals surface area contributed by atoms with Crippen LogP contribution < -0.4 is 15.8 Å². The normalized spacial score (nSPS) is 15.6. The third-order valence-electron chi connectivity index (χ3n) is 6.90. The van der Waals surface area contributed by atoms with Gasteiger partial charge in [-0.25, -0.2) is 32.6 Å². The van der Waals surface area contributed by atoms with Gasteiger partial charge in [0.1, 0.15) is 35.2 Å². The Morgan fingerprint density at radius 1 is 1.17 bits per heavy atom. The number of ether oxygens (including phenoxy) is 2. The number of piperidine rings is 1. The smallest absolute Gasteiger partial charge is 0.334 e. The van der Waals surface area contributed by atoms with Crippen LogP contribution in [0, 0.1) is 23.3 Å². The second-order valence-electron chi connectivity index (χ2n) is 9.75. The number of fused-ring (bicyclic) bond motifs is 1. The molecule has 2 N–H and O–H groups in total. The summed E-state index contributed by atoms with van der Waals surface area (Å²) < 4.78 is 69.6. The SMILES string of the molecule is C=C(CN1CCCC(n2nc(-c3ccc(Oc4c(F)c(F)cc(F)c4P)cc3F)c3c(N)ncnc32)C1)C(=O)OCC. The van der Waals surface area contributed by atoms with E-state index < -0.39 is 35.0 Å². The van der Waals surface area contributed by atoms with Crippen molar-refractivity contribution in [3.63, 3.8) is 0 Å². The molecule has 220 valence electrons. The first-order valence-electron chi connectivity index (χ1n) is 13.1.